The summed E-state index contributed by atoms with van der Waals surface area (Å²) in [6.45, 7) is 0. The second kappa shape index (κ2) is 8.90. The van der Waals surface area contributed by atoms with Gasteiger partial charge in [-0.3, -0.25) is 14.8 Å². The maximum absolute atomic E-state index is 14.5. The van der Waals surface area contributed by atoms with Gasteiger partial charge in [0.05, 0.1) is 42.6 Å². The molecule has 1 aliphatic rings. The van der Waals surface area contributed by atoms with E-state index in [-0.39, 0.29) is 5.56 Å². The van der Waals surface area contributed by atoms with Crippen molar-refractivity contribution in [3.05, 3.63) is 95.6 Å². The molecule has 0 aliphatic carbocycles. The van der Waals surface area contributed by atoms with Gasteiger partial charge in [-0.25, -0.2) is 9.40 Å². The highest BCUT2D eigenvalue weighted by Gasteiger charge is 2.35. The molecule has 4 aromatic rings. The van der Waals surface area contributed by atoms with Crippen molar-refractivity contribution >= 4 is 22.7 Å². The number of methoxy groups -OCH3 is 2. The Kier molecular flexibility index (Phi) is 5.63. The standard InChI is InChI=1S/C26H21FN4O3/c1-33-24-10-8-16(14-25(24)34-2)21-15-23(17-7-9-20-22(13-17)29-12-11-28-20)31(30-21)26(32)18-5-3-4-6-19(18)27/h3-14,23H,15H2,1-2H3/t23-/m1/s1. The summed E-state index contributed by atoms with van der Waals surface area (Å²) in [4.78, 5) is 22.1. The van der Waals surface area contributed by atoms with Crippen LogP contribution >= 0.6 is 0 Å². The summed E-state index contributed by atoms with van der Waals surface area (Å²) in [5.74, 6) is 0.0381. The highest BCUT2D eigenvalue weighted by Crippen LogP contribution is 2.37. The van der Waals surface area contributed by atoms with Crippen molar-refractivity contribution in [1.82, 2.24) is 15.0 Å². The van der Waals surface area contributed by atoms with E-state index in [2.05, 4.69) is 15.1 Å². The van der Waals surface area contributed by atoms with Crippen LogP contribution in [0.5, 0.6) is 11.5 Å². The van der Waals surface area contributed by atoms with Gasteiger partial charge in [-0.1, -0.05) is 18.2 Å². The van der Waals surface area contributed by atoms with Crippen molar-refractivity contribution < 1.29 is 18.7 Å². The molecule has 5 rings (SSSR count). The number of halogens is 1. The van der Waals surface area contributed by atoms with E-state index >= 15 is 0 Å². The summed E-state index contributed by atoms with van der Waals surface area (Å²) < 4.78 is 25.3. The van der Waals surface area contributed by atoms with Gasteiger partial charge < -0.3 is 9.47 Å². The number of carbonyl (C=O) groups is 1. The second-order valence-corrected chi connectivity index (χ2v) is 7.77. The fraction of sp³-hybridized carbons (Fsp3) is 0.154. The van der Waals surface area contributed by atoms with Crippen molar-refractivity contribution in [1.29, 1.82) is 0 Å². The van der Waals surface area contributed by atoms with E-state index in [1.807, 2.05) is 30.3 Å². The van der Waals surface area contributed by atoms with Crippen LogP contribution in [0, 0.1) is 5.82 Å². The molecule has 1 amide bonds. The van der Waals surface area contributed by atoms with E-state index in [0.717, 1.165) is 16.6 Å². The molecule has 0 N–H and O–H groups in total. The largest absolute Gasteiger partial charge is 0.493 e. The zero-order chi connectivity index (χ0) is 23.7. The maximum atomic E-state index is 14.5. The molecule has 1 aliphatic heterocycles. The summed E-state index contributed by atoms with van der Waals surface area (Å²) >= 11 is 0. The van der Waals surface area contributed by atoms with Gasteiger partial charge in [0, 0.05) is 24.4 Å². The van der Waals surface area contributed by atoms with Crippen LogP contribution in [0.3, 0.4) is 0 Å². The van der Waals surface area contributed by atoms with E-state index in [9.17, 15) is 9.18 Å². The Bertz CT molecular complexity index is 1420. The average molecular weight is 456 g/mol. The van der Waals surface area contributed by atoms with E-state index in [1.165, 1.54) is 17.1 Å². The lowest BCUT2D eigenvalue weighted by Crippen LogP contribution is -2.27. The minimum Gasteiger partial charge on any atom is -0.493 e. The molecule has 7 nitrogen and oxygen atoms in total. The number of nitrogens with zero attached hydrogens (tertiary/aromatic N) is 4. The minimum absolute atomic E-state index is 0.0367. The number of amides is 1. The predicted octanol–water partition coefficient (Wildman–Crippen LogP) is 4.78. The second-order valence-electron chi connectivity index (χ2n) is 7.77. The van der Waals surface area contributed by atoms with Crippen molar-refractivity contribution in [3.8, 4) is 11.5 Å². The van der Waals surface area contributed by atoms with Crippen LogP contribution in [0.2, 0.25) is 0 Å². The molecule has 0 saturated carbocycles. The van der Waals surface area contributed by atoms with Crippen LogP contribution in [0.25, 0.3) is 11.0 Å². The summed E-state index contributed by atoms with van der Waals surface area (Å²) in [6.07, 6.45) is 3.68. The maximum Gasteiger partial charge on any atom is 0.277 e. The minimum atomic E-state index is -0.592. The first-order valence-corrected chi connectivity index (χ1v) is 10.7. The first-order valence-electron chi connectivity index (χ1n) is 10.7. The average Bonchev–Trinajstić information content (AvgIpc) is 3.33. The van der Waals surface area contributed by atoms with Gasteiger partial charge in [0.15, 0.2) is 11.5 Å². The van der Waals surface area contributed by atoms with Gasteiger partial charge >= 0.3 is 0 Å². The fourth-order valence-corrected chi connectivity index (χ4v) is 4.09. The normalized spacial score (nSPS) is 15.3. The van der Waals surface area contributed by atoms with Gasteiger partial charge in [-0.05, 0) is 48.0 Å². The Morgan fingerprint density at radius 2 is 1.71 bits per heavy atom. The van der Waals surface area contributed by atoms with Gasteiger partial charge in [0.25, 0.3) is 5.91 Å². The Morgan fingerprint density at radius 3 is 2.47 bits per heavy atom. The fourth-order valence-electron chi connectivity index (χ4n) is 4.09. The number of benzene rings is 3. The topological polar surface area (TPSA) is 76.9 Å². The summed E-state index contributed by atoms with van der Waals surface area (Å²) in [5.41, 5.74) is 3.71. The number of aromatic nitrogens is 2. The van der Waals surface area contributed by atoms with Gasteiger partial charge in [-0.2, -0.15) is 5.10 Å². The lowest BCUT2D eigenvalue weighted by molar-refractivity contribution is 0.0706. The first kappa shape index (κ1) is 21.5. The monoisotopic (exact) mass is 456 g/mol. The van der Waals surface area contributed by atoms with Crippen molar-refractivity contribution in [2.75, 3.05) is 14.2 Å². The van der Waals surface area contributed by atoms with Crippen LogP contribution in [-0.2, 0) is 0 Å². The zero-order valence-corrected chi connectivity index (χ0v) is 18.6. The molecule has 0 radical (unpaired) electrons. The van der Waals surface area contributed by atoms with Gasteiger partial charge in [0.1, 0.15) is 5.82 Å². The van der Waals surface area contributed by atoms with E-state index in [1.54, 1.807) is 44.8 Å². The number of rotatable bonds is 5. The number of fused-ring (bicyclic) bond motifs is 1. The molecule has 3 aromatic carbocycles. The molecule has 170 valence electrons. The molecular weight excluding hydrogens is 435 g/mol. The Balaban J connectivity index is 1.59. The SMILES string of the molecule is COc1ccc(C2=NN(C(=O)c3ccccc3F)[C@@H](c3ccc4nccnc4c3)C2)cc1OC. The van der Waals surface area contributed by atoms with E-state index in [0.29, 0.717) is 29.1 Å². The van der Waals surface area contributed by atoms with Crippen molar-refractivity contribution in [2.24, 2.45) is 5.10 Å². The molecule has 0 spiro atoms. The third-order valence-corrected chi connectivity index (χ3v) is 5.82. The molecule has 0 fully saturated rings. The van der Waals surface area contributed by atoms with Gasteiger partial charge in [-0.15, -0.1) is 0 Å². The molecule has 34 heavy (non-hydrogen) atoms. The van der Waals surface area contributed by atoms with Gasteiger partial charge in [0.2, 0.25) is 0 Å². The molecule has 0 unspecified atom stereocenters. The Morgan fingerprint density at radius 1 is 0.941 bits per heavy atom. The number of hydrogen-bond donors (Lipinski definition) is 0. The molecule has 1 atom stereocenters. The zero-order valence-electron chi connectivity index (χ0n) is 18.6. The van der Waals surface area contributed by atoms with E-state index < -0.39 is 17.8 Å². The molecular formula is C26H21FN4O3. The number of hydrazone groups is 1. The third-order valence-electron chi connectivity index (χ3n) is 5.82. The smallest absolute Gasteiger partial charge is 0.277 e. The molecule has 8 heteroatoms. The summed E-state index contributed by atoms with van der Waals surface area (Å²) in [7, 11) is 3.13. The molecule has 2 heterocycles. The van der Waals surface area contributed by atoms with Crippen LogP contribution < -0.4 is 9.47 Å². The number of hydrogen-bond acceptors (Lipinski definition) is 6. The summed E-state index contributed by atoms with van der Waals surface area (Å²) in [6, 6.07) is 16.6. The highest BCUT2D eigenvalue weighted by molar-refractivity contribution is 6.05. The van der Waals surface area contributed by atoms with Crippen LogP contribution in [0.1, 0.15) is 33.9 Å². The Hall–Kier alpha value is -4.33. The van der Waals surface area contributed by atoms with Crippen molar-refractivity contribution in [2.45, 2.75) is 12.5 Å². The quantitative estimate of drug-likeness (QED) is 0.432. The molecule has 0 bridgehead atoms. The lowest BCUT2D eigenvalue weighted by Gasteiger charge is -2.22. The highest BCUT2D eigenvalue weighted by atomic mass is 19.1. The number of ether oxygens (including phenoxy) is 2. The number of carbonyl (C=O) groups excluding carboxylic acids is 1. The third kappa shape index (κ3) is 3.83. The van der Waals surface area contributed by atoms with Crippen LogP contribution in [-0.4, -0.2) is 40.8 Å². The van der Waals surface area contributed by atoms with Crippen LogP contribution in [0.15, 0.2) is 78.2 Å². The summed E-state index contributed by atoms with van der Waals surface area (Å²) in [5, 5.41) is 6.00. The predicted molar refractivity (Wildman–Crippen MR) is 126 cm³/mol. The van der Waals surface area contributed by atoms with Crippen molar-refractivity contribution in [3.63, 3.8) is 0 Å². The first-order chi connectivity index (χ1) is 16.6. The van der Waals surface area contributed by atoms with E-state index in [4.69, 9.17) is 9.47 Å². The lowest BCUT2D eigenvalue weighted by atomic mass is 9.97. The molecule has 1 aromatic heterocycles. The molecule has 0 saturated heterocycles. The Labute approximate surface area is 195 Å². The van der Waals surface area contributed by atoms with Crippen LogP contribution in [0.4, 0.5) is 4.39 Å².